The third kappa shape index (κ3) is 3.81. The van der Waals surface area contributed by atoms with E-state index in [0.717, 1.165) is 21.8 Å². The number of carbonyl (C=O) groups excluding carboxylic acids is 1. The number of halogens is 2. The van der Waals surface area contributed by atoms with Crippen LogP contribution < -0.4 is 0 Å². The number of nitrogens with zero attached hydrogens (tertiary/aromatic N) is 1. The lowest BCUT2D eigenvalue weighted by Gasteiger charge is -2.26. The van der Waals surface area contributed by atoms with Crippen molar-refractivity contribution < 1.29 is 4.79 Å². The molecule has 17 heavy (non-hydrogen) atoms. The molecule has 0 heterocycles. The van der Waals surface area contributed by atoms with Gasteiger partial charge in [0, 0.05) is 27.6 Å². The van der Waals surface area contributed by atoms with Crippen molar-refractivity contribution in [2.75, 3.05) is 7.05 Å². The number of carbonyl (C=O) groups is 1. The van der Waals surface area contributed by atoms with Gasteiger partial charge in [0.2, 0.25) is 0 Å². The molecule has 0 aromatic heterocycles. The van der Waals surface area contributed by atoms with Gasteiger partial charge >= 0.3 is 0 Å². The smallest absolute Gasteiger partial charge is 0.253 e. The first-order valence-electron chi connectivity index (χ1n) is 5.72. The molecule has 4 heteroatoms. The Kier molecular flexibility index (Phi) is 5.67. The maximum Gasteiger partial charge on any atom is 0.253 e. The Morgan fingerprint density at radius 3 is 2.06 bits per heavy atom. The van der Waals surface area contributed by atoms with Crippen LogP contribution in [0, 0.1) is 0 Å². The lowest BCUT2D eigenvalue weighted by atomic mass is 10.1. The lowest BCUT2D eigenvalue weighted by Crippen LogP contribution is -2.36. The molecule has 0 saturated heterocycles. The molecule has 2 nitrogen and oxygen atoms in total. The van der Waals surface area contributed by atoms with E-state index in [0.29, 0.717) is 11.6 Å². The predicted molar refractivity (Wildman–Crippen MR) is 78.3 cm³/mol. The predicted octanol–water partition coefficient (Wildman–Crippen LogP) is 4.47. The molecule has 1 rings (SSSR count). The summed E-state index contributed by atoms with van der Waals surface area (Å²) >= 11 is 6.80. The summed E-state index contributed by atoms with van der Waals surface area (Å²) in [4.78, 5) is 14.1. The van der Waals surface area contributed by atoms with E-state index in [1.54, 1.807) is 0 Å². The molecule has 0 aliphatic heterocycles. The van der Waals surface area contributed by atoms with Gasteiger partial charge in [-0.15, -0.1) is 0 Å². The fourth-order valence-corrected chi connectivity index (χ4v) is 3.18. The Labute approximate surface area is 120 Å². The zero-order valence-electron chi connectivity index (χ0n) is 10.3. The Bertz CT molecular complexity index is 382. The fourth-order valence-electron chi connectivity index (χ4n) is 1.88. The highest BCUT2D eigenvalue weighted by molar-refractivity contribution is 9.11. The van der Waals surface area contributed by atoms with Crippen LogP contribution >= 0.6 is 31.9 Å². The van der Waals surface area contributed by atoms with Gasteiger partial charge in [-0.25, -0.2) is 0 Å². The monoisotopic (exact) mass is 361 g/mol. The Balaban J connectivity index is 2.95. The average Bonchev–Trinajstić information content (AvgIpc) is 2.28. The number of benzene rings is 1. The van der Waals surface area contributed by atoms with Crippen LogP contribution in [0.3, 0.4) is 0 Å². The number of hydrogen-bond donors (Lipinski definition) is 0. The molecule has 0 N–H and O–H groups in total. The maximum absolute atomic E-state index is 12.3. The molecule has 1 aromatic rings. The second-order valence-corrected chi connectivity index (χ2v) is 5.88. The van der Waals surface area contributed by atoms with Crippen LogP contribution in [0.1, 0.15) is 37.0 Å². The zero-order valence-corrected chi connectivity index (χ0v) is 13.5. The summed E-state index contributed by atoms with van der Waals surface area (Å²) in [6, 6.07) is 5.94. The van der Waals surface area contributed by atoms with E-state index in [1.807, 2.05) is 30.1 Å². The van der Waals surface area contributed by atoms with Gasteiger partial charge in [-0.1, -0.05) is 45.7 Å². The SMILES string of the molecule is CCC(CC)N(C)C(=O)c1cc(Br)cc(Br)c1. The van der Waals surface area contributed by atoms with Crippen molar-refractivity contribution in [3.05, 3.63) is 32.7 Å². The molecular formula is C13H17Br2NO. The van der Waals surface area contributed by atoms with Gasteiger partial charge < -0.3 is 4.90 Å². The summed E-state index contributed by atoms with van der Waals surface area (Å²) < 4.78 is 1.82. The summed E-state index contributed by atoms with van der Waals surface area (Å²) in [6.07, 6.45) is 1.96. The van der Waals surface area contributed by atoms with Gasteiger partial charge in [0.25, 0.3) is 5.91 Å². The molecule has 0 unspecified atom stereocenters. The van der Waals surface area contributed by atoms with E-state index >= 15 is 0 Å². The maximum atomic E-state index is 12.3. The summed E-state index contributed by atoms with van der Waals surface area (Å²) in [7, 11) is 1.87. The molecule has 94 valence electrons. The van der Waals surface area contributed by atoms with E-state index in [2.05, 4.69) is 45.7 Å². The minimum Gasteiger partial charge on any atom is -0.339 e. The van der Waals surface area contributed by atoms with Gasteiger partial charge in [-0.2, -0.15) is 0 Å². The van der Waals surface area contributed by atoms with Crippen LogP contribution in [0.25, 0.3) is 0 Å². The molecule has 1 amide bonds. The Morgan fingerprint density at radius 2 is 1.65 bits per heavy atom. The topological polar surface area (TPSA) is 20.3 Å². The molecule has 0 spiro atoms. The summed E-state index contributed by atoms with van der Waals surface area (Å²) in [6.45, 7) is 4.21. The third-order valence-electron chi connectivity index (χ3n) is 2.92. The van der Waals surface area contributed by atoms with E-state index in [1.165, 1.54) is 0 Å². The van der Waals surface area contributed by atoms with Crippen molar-refractivity contribution in [3.63, 3.8) is 0 Å². The normalized spacial score (nSPS) is 10.7. The van der Waals surface area contributed by atoms with Crippen LogP contribution in [0.4, 0.5) is 0 Å². The standard InChI is InChI=1S/C13H17Br2NO/c1-4-12(5-2)16(3)13(17)9-6-10(14)8-11(15)7-9/h6-8,12H,4-5H2,1-3H3. The molecule has 0 fully saturated rings. The van der Waals surface area contributed by atoms with E-state index in [9.17, 15) is 4.79 Å². The van der Waals surface area contributed by atoms with E-state index in [-0.39, 0.29) is 5.91 Å². The van der Waals surface area contributed by atoms with Gasteiger partial charge in [-0.05, 0) is 31.0 Å². The Hall–Kier alpha value is -0.350. The van der Waals surface area contributed by atoms with Crippen LogP contribution in [0.5, 0.6) is 0 Å². The third-order valence-corrected chi connectivity index (χ3v) is 3.84. The largest absolute Gasteiger partial charge is 0.339 e. The first kappa shape index (κ1) is 14.7. The molecular weight excluding hydrogens is 346 g/mol. The molecule has 1 aromatic carbocycles. The quantitative estimate of drug-likeness (QED) is 0.773. The van der Waals surface area contributed by atoms with Crippen molar-refractivity contribution >= 4 is 37.8 Å². The van der Waals surface area contributed by atoms with E-state index < -0.39 is 0 Å². The highest BCUT2D eigenvalue weighted by Gasteiger charge is 2.18. The van der Waals surface area contributed by atoms with Crippen LogP contribution in [-0.2, 0) is 0 Å². The molecule has 0 aliphatic rings. The molecule has 0 atom stereocenters. The van der Waals surface area contributed by atoms with Crippen LogP contribution in [-0.4, -0.2) is 23.9 Å². The lowest BCUT2D eigenvalue weighted by molar-refractivity contribution is 0.0723. The minimum absolute atomic E-state index is 0.0701. The van der Waals surface area contributed by atoms with Gasteiger partial charge in [0.15, 0.2) is 0 Å². The van der Waals surface area contributed by atoms with Crippen molar-refractivity contribution in [3.8, 4) is 0 Å². The zero-order chi connectivity index (χ0) is 13.0. The van der Waals surface area contributed by atoms with Crippen molar-refractivity contribution in [2.24, 2.45) is 0 Å². The van der Waals surface area contributed by atoms with Crippen LogP contribution in [0.2, 0.25) is 0 Å². The summed E-state index contributed by atoms with van der Waals surface area (Å²) in [5, 5.41) is 0. The van der Waals surface area contributed by atoms with Crippen molar-refractivity contribution in [2.45, 2.75) is 32.7 Å². The van der Waals surface area contributed by atoms with Gasteiger partial charge in [-0.3, -0.25) is 4.79 Å². The summed E-state index contributed by atoms with van der Waals surface area (Å²) in [5.41, 5.74) is 0.709. The second-order valence-electron chi connectivity index (χ2n) is 4.04. The highest BCUT2D eigenvalue weighted by Crippen LogP contribution is 2.22. The first-order valence-corrected chi connectivity index (χ1v) is 7.31. The van der Waals surface area contributed by atoms with Crippen molar-refractivity contribution in [1.29, 1.82) is 0 Å². The summed E-state index contributed by atoms with van der Waals surface area (Å²) in [5.74, 6) is 0.0701. The highest BCUT2D eigenvalue weighted by atomic mass is 79.9. The van der Waals surface area contributed by atoms with E-state index in [4.69, 9.17) is 0 Å². The number of hydrogen-bond acceptors (Lipinski definition) is 1. The van der Waals surface area contributed by atoms with Crippen LogP contribution in [0.15, 0.2) is 27.1 Å². The first-order chi connectivity index (χ1) is 7.99. The van der Waals surface area contributed by atoms with Gasteiger partial charge in [0.05, 0.1) is 0 Å². The van der Waals surface area contributed by atoms with Crippen molar-refractivity contribution in [1.82, 2.24) is 4.90 Å². The van der Waals surface area contributed by atoms with Gasteiger partial charge in [0.1, 0.15) is 0 Å². The molecule has 0 aliphatic carbocycles. The average molecular weight is 363 g/mol. The fraction of sp³-hybridized carbons (Fsp3) is 0.462. The second kappa shape index (κ2) is 6.55. The molecule has 0 bridgehead atoms. The Morgan fingerprint density at radius 1 is 1.18 bits per heavy atom. The number of rotatable bonds is 4. The molecule has 0 saturated carbocycles. The number of amides is 1. The molecule has 0 radical (unpaired) electrons. The minimum atomic E-state index is 0.0701.